The molecule has 1 saturated carbocycles. The zero-order valence-electron chi connectivity index (χ0n) is 18.1. The van der Waals surface area contributed by atoms with Gasteiger partial charge in [0.05, 0.1) is 5.69 Å². The van der Waals surface area contributed by atoms with Gasteiger partial charge in [-0.05, 0) is 56.0 Å². The van der Waals surface area contributed by atoms with E-state index in [4.69, 9.17) is 16.3 Å². The molecule has 1 amide bonds. The van der Waals surface area contributed by atoms with Crippen molar-refractivity contribution in [1.29, 1.82) is 0 Å². The van der Waals surface area contributed by atoms with Crippen molar-refractivity contribution in [3.05, 3.63) is 86.8 Å². The Morgan fingerprint density at radius 1 is 1.12 bits per heavy atom. The zero-order valence-corrected chi connectivity index (χ0v) is 18.9. The van der Waals surface area contributed by atoms with Crippen LogP contribution in [0.25, 0.3) is 11.3 Å². The molecule has 8 nitrogen and oxygen atoms in total. The van der Waals surface area contributed by atoms with Crippen molar-refractivity contribution in [2.24, 2.45) is 0 Å². The number of carbonyl (C=O) groups is 1. The van der Waals surface area contributed by atoms with Crippen LogP contribution in [0, 0.1) is 13.8 Å². The molecule has 1 aliphatic carbocycles. The number of aromatic nitrogens is 3. The molecular formula is C24H22ClN5O3. The third-order valence-corrected chi connectivity index (χ3v) is 5.89. The van der Waals surface area contributed by atoms with E-state index in [-0.39, 0.29) is 28.0 Å². The summed E-state index contributed by atoms with van der Waals surface area (Å²) in [6.07, 6.45) is 3.81. The fourth-order valence-electron chi connectivity index (χ4n) is 3.51. The quantitative estimate of drug-likeness (QED) is 0.423. The topological polar surface area (TPSA) is 89.7 Å². The number of halogens is 1. The highest BCUT2D eigenvalue weighted by Gasteiger charge is 2.22. The van der Waals surface area contributed by atoms with Crippen LogP contribution in [0.4, 0.5) is 0 Å². The minimum absolute atomic E-state index is 0.000274. The van der Waals surface area contributed by atoms with Crippen LogP contribution in [0.5, 0.6) is 11.6 Å². The normalized spacial score (nSPS) is 13.3. The number of ether oxygens (including phenoxy) is 1. The van der Waals surface area contributed by atoms with E-state index in [1.807, 2.05) is 44.2 Å². The Morgan fingerprint density at radius 3 is 2.67 bits per heavy atom. The van der Waals surface area contributed by atoms with Gasteiger partial charge in [0.1, 0.15) is 5.75 Å². The number of nitrogens with zero attached hydrogens (tertiary/aromatic N) is 3. The lowest BCUT2D eigenvalue weighted by Gasteiger charge is -2.12. The second-order valence-electron chi connectivity index (χ2n) is 8.11. The van der Waals surface area contributed by atoms with Gasteiger partial charge in [0.25, 0.3) is 11.5 Å². The number of fused-ring (bicyclic) bond motifs is 1. The first kappa shape index (κ1) is 21.2. The molecule has 4 aromatic rings. The predicted molar refractivity (Wildman–Crippen MR) is 125 cm³/mol. The van der Waals surface area contributed by atoms with Gasteiger partial charge in [0.15, 0.2) is 10.7 Å². The Bertz CT molecular complexity index is 1440. The highest BCUT2D eigenvalue weighted by molar-refractivity contribution is 6.33. The van der Waals surface area contributed by atoms with Crippen molar-refractivity contribution >= 4 is 23.2 Å². The Balaban J connectivity index is 1.47. The van der Waals surface area contributed by atoms with Crippen LogP contribution in [-0.4, -0.2) is 26.1 Å². The first-order valence-electron chi connectivity index (χ1n) is 10.6. The number of aryl methyl sites for hydroxylation is 2. The highest BCUT2D eigenvalue weighted by atomic mass is 35.5. The molecule has 0 saturated heterocycles. The molecule has 2 heterocycles. The molecule has 2 aromatic carbocycles. The molecule has 0 atom stereocenters. The number of para-hydroxylation sites is 1. The summed E-state index contributed by atoms with van der Waals surface area (Å²) in [7, 11) is 0. The lowest BCUT2D eigenvalue weighted by molar-refractivity contribution is 0.0931. The summed E-state index contributed by atoms with van der Waals surface area (Å²) in [5, 5.41) is -0.000274. The van der Waals surface area contributed by atoms with Gasteiger partial charge in [-0.3, -0.25) is 15.0 Å². The first-order valence-corrected chi connectivity index (χ1v) is 11.0. The van der Waals surface area contributed by atoms with E-state index < -0.39 is 0 Å². The molecule has 1 fully saturated rings. The number of rotatable bonds is 6. The molecule has 33 heavy (non-hydrogen) atoms. The molecule has 168 valence electrons. The van der Waals surface area contributed by atoms with Gasteiger partial charge in [-0.15, -0.1) is 0 Å². The van der Waals surface area contributed by atoms with Crippen molar-refractivity contribution in [3.63, 3.8) is 0 Å². The number of hydrazine groups is 1. The number of carbonyl (C=O) groups excluding carboxylic acids is 1. The summed E-state index contributed by atoms with van der Waals surface area (Å²) in [5.41, 5.74) is 8.56. The van der Waals surface area contributed by atoms with Gasteiger partial charge in [0.2, 0.25) is 5.88 Å². The van der Waals surface area contributed by atoms with E-state index in [0.29, 0.717) is 23.0 Å². The van der Waals surface area contributed by atoms with Gasteiger partial charge < -0.3 is 4.74 Å². The van der Waals surface area contributed by atoms with Crippen LogP contribution in [0.3, 0.4) is 0 Å². The third-order valence-electron chi connectivity index (χ3n) is 5.56. The molecule has 2 N–H and O–H groups in total. The van der Waals surface area contributed by atoms with Crippen molar-refractivity contribution in [1.82, 2.24) is 25.0 Å². The maximum Gasteiger partial charge on any atom is 0.292 e. The number of nitrogens with one attached hydrogen (secondary N) is 2. The first-order chi connectivity index (χ1) is 15.9. The van der Waals surface area contributed by atoms with E-state index in [2.05, 4.69) is 15.8 Å². The van der Waals surface area contributed by atoms with E-state index in [1.54, 1.807) is 28.9 Å². The van der Waals surface area contributed by atoms with Crippen LogP contribution in [0.1, 0.15) is 34.3 Å². The third kappa shape index (κ3) is 4.10. The SMILES string of the molecule is Cc1ccc(C(=O)NNC2CC2)cc1Oc1ccn2c(n1)c(Cl)c(=O)n2-c1ccccc1C. The molecule has 0 bridgehead atoms. The molecule has 0 aliphatic heterocycles. The van der Waals surface area contributed by atoms with E-state index >= 15 is 0 Å². The van der Waals surface area contributed by atoms with Gasteiger partial charge in [0, 0.05) is 23.9 Å². The Kier molecular flexibility index (Phi) is 5.39. The second kappa shape index (κ2) is 8.38. The lowest BCUT2D eigenvalue weighted by Crippen LogP contribution is -2.38. The molecule has 0 spiro atoms. The summed E-state index contributed by atoms with van der Waals surface area (Å²) in [4.78, 5) is 29.8. The summed E-state index contributed by atoms with van der Waals surface area (Å²) in [5.74, 6) is 0.512. The molecule has 9 heteroatoms. The lowest BCUT2D eigenvalue weighted by atomic mass is 10.1. The smallest absolute Gasteiger partial charge is 0.292 e. The fraction of sp³-hybridized carbons (Fsp3) is 0.208. The molecule has 0 unspecified atom stereocenters. The monoisotopic (exact) mass is 463 g/mol. The maximum atomic E-state index is 12.9. The minimum Gasteiger partial charge on any atom is -0.439 e. The Hall–Kier alpha value is -3.62. The van der Waals surface area contributed by atoms with E-state index in [0.717, 1.165) is 24.0 Å². The van der Waals surface area contributed by atoms with Crippen LogP contribution in [-0.2, 0) is 0 Å². The largest absolute Gasteiger partial charge is 0.439 e. The van der Waals surface area contributed by atoms with E-state index in [1.165, 1.54) is 4.68 Å². The summed E-state index contributed by atoms with van der Waals surface area (Å²) in [6, 6.07) is 14.8. The summed E-state index contributed by atoms with van der Waals surface area (Å²) < 4.78 is 9.06. The maximum absolute atomic E-state index is 12.9. The minimum atomic E-state index is -0.367. The van der Waals surface area contributed by atoms with Crippen LogP contribution < -0.4 is 21.1 Å². The zero-order chi connectivity index (χ0) is 23.1. The number of benzene rings is 2. The molecule has 1 aliphatic rings. The van der Waals surface area contributed by atoms with Crippen LogP contribution in [0.15, 0.2) is 59.5 Å². The Labute approximate surface area is 194 Å². The molecule has 0 radical (unpaired) electrons. The van der Waals surface area contributed by atoms with Crippen LogP contribution in [0.2, 0.25) is 5.02 Å². The van der Waals surface area contributed by atoms with Crippen molar-refractivity contribution < 1.29 is 9.53 Å². The van der Waals surface area contributed by atoms with E-state index in [9.17, 15) is 9.59 Å². The van der Waals surface area contributed by atoms with Gasteiger partial charge in [-0.2, -0.15) is 4.98 Å². The Morgan fingerprint density at radius 2 is 1.91 bits per heavy atom. The molecule has 5 rings (SSSR count). The predicted octanol–water partition coefficient (Wildman–Crippen LogP) is 3.94. The highest BCUT2D eigenvalue weighted by Crippen LogP contribution is 2.27. The number of hydrogen-bond donors (Lipinski definition) is 2. The van der Waals surface area contributed by atoms with Crippen molar-refractivity contribution in [2.75, 3.05) is 0 Å². The molecular weight excluding hydrogens is 442 g/mol. The fourth-order valence-corrected chi connectivity index (χ4v) is 3.72. The average molecular weight is 464 g/mol. The number of hydrogen-bond acceptors (Lipinski definition) is 5. The average Bonchev–Trinajstić information content (AvgIpc) is 3.61. The van der Waals surface area contributed by atoms with Gasteiger partial charge in [-0.1, -0.05) is 35.9 Å². The standard InChI is InChI=1S/C24H22ClN5O3/c1-14-5-3-4-6-18(14)30-24(32)21(25)22-26-20(11-12-29(22)30)33-19-13-16(8-7-15(19)2)23(31)28-27-17-9-10-17/h3-8,11-13,17,27H,9-10H2,1-2H3,(H,28,31). The second-order valence-corrected chi connectivity index (χ2v) is 8.48. The summed E-state index contributed by atoms with van der Waals surface area (Å²) >= 11 is 6.36. The summed E-state index contributed by atoms with van der Waals surface area (Å²) in [6.45, 7) is 3.80. The van der Waals surface area contributed by atoms with Gasteiger partial charge in [-0.25, -0.2) is 14.6 Å². The van der Waals surface area contributed by atoms with Gasteiger partial charge >= 0.3 is 0 Å². The molecule has 2 aromatic heterocycles. The van der Waals surface area contributed by atoms with Crippen molar-refractivity contribution in [2.45, 2.75) is 32.7 Å². The number of amides is 1. The van der Waals surface area contributed by atoms with Crippen LogP contribution >= 0.6 is 11.6 Å². The van der Waals surface area contributed by atoms with Crippen molar-refractivity contribution in [3.8, 4) is 17.3 Å².